The maximum absolute atomic E-state index is 15.2. The highest BCUT2D eigenvalue weighted by molar-refractivity contribution is 7.89. The van der Waals surface area contributed by atoms with Gasteiger partial charge in [0, 0.05) is 68.5 Å². The summed E-state index contributed by atoms with van der Waals surface area (Å²) < 4.78 is 47.4. The Bertz CT molecular complexity index is 2020. The van der Waals surface area contributed by atoms with Crippen molar-refractivity contribution in [1.29, 1.82) is 0 Å². The molecule has 4 aliphatic heterocycles. The summed E-state index contributed by atoms with van der Waals surface area (Å²) in [6.45, 7) is 7.13. The lowest BCUT2D eigenvalue weighted by atomic mass is 9.93. The van der Waals surface area contributed by atoms with Crippen LogP contribution in [0.25, 0.3) is 0 Å². The van der Waals surface area contributed by atoms with Crippen LogP contribution >= 0.6 is 23.2 Å². The number of amidine groups is 1. The molecule has 0 aliphatic carbocycles. The molecule has 16 heteroatoms. The maximum Gasteiger partial charge on any atom is 0.326 e. The topological polar surface area (TPSA) is 125 Å². The Morgan fingerprint density at radius 1 is 0.804 bits per heavy atom. The van der Waals surface area contributed by atoms with Gasteiger partial charge in [0.2, 0.25) is 15.9 Å². The number of urea groups is 1. The number of piperidine rings is 1. The van der Waals surface area contributed by atoms with E-state index in [4.69, 9.17) is 42.4 Å². The van der Waals surface area contributed by atoms with E-state index >= 15 is 4.79 Å². The predicted octanol–water partition coefficient (Wildman–Crippen LogP) is 5.72. The van der Waals surface area contributed by atoms with Crippen LogP contribution < -0.4 is 9.47 Å². The van der Waals surface area contributed by atoms with Gasteiger partial charge in [-0.25, -0.2) is 13.2 Å². The van der Waals surface area contributed by atoms with E-state index < -0.39 is 22.1 Å². The van der Waals surface area contributed by atoms with Crippen LogP contribution in [0.3, 0.4) is 0 Å². The predicted molar refractivity (Wildman–Crippen MR) is 214 cm³/mol. The zero-order valence-corrected chi connectivity index (χ0v) is 34.1. The lowest BCUT2D eigenvalue weighted by Gasteiger charge is -2.39. The summed E-state index contributed by atoms with van der Waals surface area (Å²) >= 11 is 12.7. The highest BCUT2D eigenvalue weighted by Crippen LogP contribution is 2.47. The fourth-order valence-corrected chi connectivity index (χ4v) is 9.74. The first-order valence-electron chi connectivity index (χ1n) is 19.2. The van der Waals surface area contributed by atoms with Crippen molar-refractivity contribution < 1.29 is 32.2 Å². The van der Waals surface area contributed by atoms with Crippen LogP contribution in [-0.4, -0.2) is 136 Å². The lowest BCUT2D eigenvalue weighted by Crippen LogP contribution is -2.56. The number of halogens is 2. The highest BCUT2D eigenvalue weighted by Gasteiger charge is 2.46. The van der Waals surface area contributed by atoms with Crippen molar-refractivity contribution in [3.63, 3.8) is 0 Å². The summed E-state index contributed by atoms with van der Waals surface area (Å²) in [6.07, 6.45) is 2.49. The molecule has 2 atom stereocenters. The number of piperazine rings is 1. The number of benzene rings is 3. The lowest BCUT2D eigenvalue weighted by molar-refractivity contribution is -0.136. The average molecular weight is 828 g/mol. The van der Waals surface area contributed by atoms with Crippen LogP contribution in [0.15, 0.2) is 70.6 Å². The number of methoxy groups -OCH3 is 1. The van der Waals surface area contributed by atoms with E-state index in [1.807, 2.05) is 36.1 Å². The number of aliphatic imine (C=N–C) groups is 1. The Morgan fingerprint density at radius 2 is 1.43 bits per heavy atom. The molecule has 3 amide bonds. The van der Waals surface area contributed by atoms with Gasteiger partial charge in [-0.3, -0.25) is 19.6 Å². The van der Waals surface area contributed by atoms with Crippen LogP contribution in [0.5, 0.6) is 11.5 Å². The third-order valence-corrected chi connectivity index (χ3v) is 13.2. The van der Waals surface area contributed by atoms with Gasteiger partial charge in [-0.2, -0.15) is 4.31 Å². The molecule has 56 heavy (non-hydrogen) atoms. The third-order valence-electron chi connectivity index (χ3n) is 10.8. The number of nitrogens with zero attached hydrogens (tertiary/aromatic N) is 6. The minimum Gasteiger partial charge on any atom is -0.495 e. The molecule has 0 N–H and O–H groups in total. The van der Waals surface area contributed by atoms with Crippen LogP contribution in [-0.2, 0) is 19.6 Å². The van der Waals surface area contributed by atoms with Gasteiger partial charge in [0.1, 0.15) is 28.3 Å². The van der Waals surface area contributed by atoms with Gasteiger partial charge < -0.3 is 24.0 Å². The van der Waals surface area contributed by atoms with E-state index in [2.05, 4.69) is 4.90 Å². The fraction of sp³-hybridized carbons (Fsp3) is 0.475. The van der Waals surface area contributed by atoms with Crippen molar-refractivity contribution in [2.45, 2.75) is 43.2 Å². The van der Waals surface area contributed by atoms with E-state index in [0.717, 1.165) is 30.4 Å². The van der Waals surface area contributed by atoms with E-state index in [0.29, 0.717) is 86.9 Å². The van der Waals surface area contributed by atoms with Crippen LogP contribution in [0.4, 0.5) is 4.79 Å². The Balaban J connectivity index is 1.31. The summed E-state index contributed by atoms with van der Waals surface area (Å²) in [5.41, 5.74) is 1.94. The van der Waals surface area contributed by atoms with Crippen LogP contribution in [0.2, 0.25) is 10.0 Å². The molecule has 3 aromatic carbocycles. The van der Waals surface area contributed by atoms with Crippen molar-refractivity contribution in [3.05, 3.63) is 87.4 Å². The Hall–Kier alpha value is -3.92. The third kappa shape index (κ3) is 8.51. The summed E-state index contributed by atoms with van der Waals surface area (Å²) in [6, 6.07) is 16.2. The number of hydrogen-bond donors (Lipinski definition) is 0. The van der Waals surface area contributed by atoms with Gasteiger partial charge in [-0.1, -0.05) is 53.9 Å². The Morgan fingerprint density at radius 3 is 2.04 bits per heavy atom. The second-order valence-corrected chi connectivity index (χ2v) is 17.0. The highest BCUT2D eigenvalue weighted by atomic mass is 35.5. The van der Waals surface area contributed by atoms with Crippen LogP contribution in [0.1, 0.15) is 55.0 Å². The average Bonchev–Trinajstić information content (AvgIpc) is 3.62. The number of hydrogen-bond acceptors (Lipinski definition) is 9. The molecule has 7 rings (SSSR count). The van der Waals surface area contributed by atoms with Crippen molar-refractivity contribution in [2.75, 3.05) is 85.8 Å². The molecule has 0 spiro atoms. The van der Waals surface area contributed by atoms with E-state index in [1.165, 1.54) is 11.4 Å². The van der Waals surface area contributed by atoms with Crippen molar-refractivity contribution in [3.8, 4) is 11.5 Å². The maximum atomic E-state index is 15.2. The molecule has 0 unspecified atom stereocenters. The van der Waals surface area contributed by atoms with E-state index in [9.17, 15) is 13.2 Å². The van der Waals surface area contributed by atoms with Gasteiger partial charge in [-0.15, -0.1) is 0 Å². The molecule has 300 valence electrons. The van der Waals surface area contributed by atoms with Crippen LogP contribution in [0, 0.1) is 0 Å². The number of carbonyl (C=O) groups is 2. The normalized spacial score (nSPS) is 21.2. The number of sulfonamides is 1. The smallest absolute Gasteiger partial charge is 0.326 e. The first kappa shape index (κ1) is 40.3. The Labute approximate surface area is 338 Å². The molecule has 3 saturated heterocycles. The molecule has 0 saturated carbocycles. The molecule has 0 aromatic heterocycles. The minimum absolute atomic E-state index is 0.0213. The van der Waals surface area contributed by atoms with Gasteiger partial charge >= 0.3 is 6.03 Å². The number of rotatable bonds is 10. The van der Waals surface area contributed by atoms with Gasteiger partial charge in [0.05, 0.1) is 45.1 Å². The molecule has 4 heterocycles. The summed E-state index contributed by atoms with van der Waals surface area (Å²) in [5.74, 6) is 0.789. The quantitative estimate of drug-likeness (QED) is 0.255. The number of ether oxygens (including phenoxy) is 3. The molecule has 0 bridgehead atoms. The minimum atomic E-state index is -4.00. The number of amides is 3. The van der Waals surface area contributed by atoms with Crippen molar-refractivity contribution >= 4 is 51.0 Å². The SMILES string of the molecule is CCOc1cc(OC)c(S(=O)(=O)N2CCCCC2)cc1C1=N[C@@H](c2ccc(Cl)cc2)[C@@H](c2ccc(Cl)cc2)N1C(=O)N1CCN(CC(=O)N2CCOCC2)CC1. The first-order valence-corrected chi connectivity index (χ1v) is 21.4. The van der Waals surface area contributed by atoms with Gasteiger partial charge in [-0.05, 0) is 61.2 Å². The first-order chi connectivity index (χ1) is 27.1. The molecule has 3 aromatic rings. The zero-order valence-electron chi connectivity index (χ0n) is 31.7. The van der Waals surface area contributed by atoms with E-state index in [-0.39, 0.29) is 41.6 Å². The molecular formula is C40H48Cl2N6O7S. The largest absolute Gasteiger partial charge is 0.495 e. The Kier molecular flexibility index (Phi) is 12.7. The summed E-state index contributed by atoms with van der Waals surface area (Å²) in [7, 11) is -2.57. The molecule has 3 fully saturated rings. The fourth-order valence-electron chi connectivity index (χ4n) is 7.80. The van der Waals surface area contributed by atoms with E-state index in [1.54, 1.807) is 46.2 Å². The number of morpholine rings is 1. The summed E-state index contributed by atoms with van der Waals surface area (Å²) in [4.78, 5) is 40.9. The molecular weight excluding hydrogens is 779 g/mol. The van der Waals surface area contributed by atoms with Gasteiger partial charge in [0.25, 0.3) is 0 Å². The molecule has 4 aliphatic rings. The second kappa shape index (κ2) is 17.7. The van der Waals surface area contributed by atoms with Gasteiger partial charge in [0.15, 0.2) is 0 Å². The second-order valence-electron chi connectivity index (χ2n) is 14.3. The van der Waals surface area contributed by atoms with Crippen molar-refractivity contribution in [1.82, 2.24) is 23.9 Å². The molecule has 0 radical (unpaired) electrons. The monoisotopic (exact) mass is 826 g/mol. The molecule has 13 nitrogen and oxygen atoms in total. The standard InChI is InChI=1S/C40H48Cl2N6O7S/c1-3-55-33-26-34(53-2)35(56(51,52)47-15-5-4-6-16-47)25-32(33)39-43-37(28-7-11-30(41)12-8-28)38(29-9-13-31(42)14-10-29)48(39)40(50)46-19-17-44(18-20-46)27-36(49)45-21-23-54-24-22-45/h7-14,25-26,37-38H,3-6,15-24,27H2,1-2H3/t37-,38+/m0/s1. The summed E-state index contributed by atoms with van der Waals surface area (Å²) in [5, 5.41) is 1.09. The zero-order chi connectivity index (χ0) is 39.4. The van der Waals surface area contributed by atoms with Crippen molar-refractivity contribution in [2.24, 2.45) is 4.99 Å². The number of carbonyl (C=O) groups excluding carboxylic acids is 2.